The summed E-state index contributed by atoms with van der Waals surface area (Å²) in [7, 11) is 0. The number of nitrogens with zero attached hydrogens (tertiary/aromatic N) is 3. The SMILES string of the molecule is CCCCCCCCSc1nc(Nc2cc(C(C)C)c(O)c(C(C)(C)C)c2)nc(SCCCCCCCC)n1. The van der Waals surface area contributed by atoms with E-state index >= 15 is 0 Å². The fourth-order valence-electron chi connectivity index (χ4n) is 4.48. The number of hydrogen-bond acceptors (Lipinski definition) is 7. The van der Waals surface area contributed by atoms with Crippen molar-refractivity contribution in [3.63, 3.8) is 0 Å². The number of aromatic nitrogens is 3. The first-order valence-corrected chi connectivity index (χ1v) is 17.3. The molecule has 0 bridgehead atoms. The van der Waals surface area contributed by atoms with E-state index in [1.54, 1.807) is 23.5 Å². The van der Waals surface area contributed by atoms with Crippen LogP contribution in [0.15, 0.2) is 22.4 Å². The number of aromatic hydroxyl groups is 1. The van der Waals surface area contributed by atoms with Gasteiger partial charge in [-0.1, -0.05) is 136 Å². The van der Waals surface area contributed by atoms with Crippen molar-refractivity contribution in [3.05, 3.63) is 23.3 Å². The number of rotatable bonds is 19. The van der Waals surface area contributed by atoms with Crippen LogP contribution in [0.1, 0.15) is 143 Å². The van der Waals surface area contributed by atoms with Crippen molar-refractivity contribution in [3.8, 4) is 5.75 Å². The van der Waals surface area contributed by atoms with Gasteiger partial charge in [-0.3, -0.25) is 0 Å². The van der Waals surface area contributed by atoms with Crippen LogP contribution in [0.2, 0.25) is 0 Å². The van der Waals surface area contributed by atoms with Gasteiger partial charge in [0.1, 0.15) is 5.75 Å². The Hall–Kier alpha value is -1.47. The largest absolute Gasteiger partial charge is 0.507 e. The Kier molecular flexibility index (Phi) is 15.6. The van der Waals surface area contributed by atoms with Crippen LogP contribution in [-0.2, 0) is 5.41 Å². The molecule has 220 valence electrons. The minimum absolute atomic E-state index is 0.180. The number of phenols is 1. The Labute approximate surface area is 247 Å². The maximum atomic E-state index is 11.0. The molecule has 0 aliphatic rings. The van der Waals surface area contributed by atoms with Crippen LogP contribution in [0.3, 0.4) is 0 Å². The number of hydrogen-bond donors (Lipinski definition) is 2. The van der Waals surface area contributed by atoms with Crippen molar-refractivity contribution in [1.29, 1.82) is 0 Å². The average Bonchev–Trinajstić information content (AvgIpc) is 2.87. The van der Waals surface area contributed by atoms with E-state index in [1.165, 1.54) is 77.0 Å². The topological polar surface area (TPSA) is 70.9 Å². The number of unbranched alkanes of at least 4 members (excludes halogenated alkanes) is 10. The van der Waals surface area contributed by atoms with Crippen LogP contribution in [0.25, 0.3) is 0 Å². The highest BCUT2D eigenvalue weighted by atomic mass is 32.2. The molecule has 0 atom stereocenters. The summed E-state index contributed by atoms with van der Waals surface area (Å²) in [5.41, 5.74) is 2.60. The highest BCUT2D eigenvalue weighted by Crippen LogP contribution is 2.39. The first kappa shape index (κ1) is 33.7. The molecule has 7 heteroatoms. The number of thioether (sulfide) groups is 2. The van der Waals surface area contributed by atoms with Gasteiger partial charge >= 0.3 is 0 Å². The number of phenolic OH excluding ortho intramolecular Hbond substituents is 1. The summed E-state index contributed by atoms with van der Waals surface area (Å²) >= 11 is 3.48. The fourth-order valence-corrected chi connectivity index (χ4v) is 6.21. The summed E-state index contributed by atoms with van der Waals surface area (Å²) in [5, 5.41) is 16.0. The van der Waals surface area contributed by atoms with E-state index in [1.807, 2.05) is 12.1 Å². The van der Waals surface area contributed by atoms with E-state index in [4.69, 9.17) is 15.0 Å². The molecule has 5 nitrogen and oxygen atoms in total. The quantitative estimate of drug-likeness (QED) is 0.0982. The summed E-state index contributed by atoms with van der Waals surface area (Å²) < 4.78 is 0. The minimum Gasteiger partial charge on any atom is -0.507 e. The Morgan fingerprint density at radius 1 is 0.744 bits per heavy atom. The molecule has 39 heavy (non-hydrogen) atoms. The van der Waals surface area contributed by atoms with Crippen LogP contribution >= 0.6 is 23.5 Å². The molecule has 2 N–H and O–H groups in total. The number of anilines is 2. The van der Waals surface area contributed by atoms with Crippen molar-refractivity contribution < 1.29 is 5.11 Å². The summed E-state index contributed by atoms with van der Waals surface area (Å²) in [6.07, 6.45) is 15.4. The van der Waals surface area contributed by atoms with E-state index < -0.39 is 0 Å². The lowest BCUT2D eigenvalue weighted by atomic mass is 9.83. The predicted octanol–water partition coefficient (Wildman–Crippen LogP) is 10.6. The smallest absolute Gasteiger partial charge is 0.232 e. The number of benzene rings is 1. The molecular formula is C32H54N4OS2. The molecule has 0 saturated heterocycles. The Morgan fingerprint density at radius 3 is 1.69 bits per heavy atom. The second-order valence-corrected chi connectivity index (χ2v) is 14.1. The van der Waals surface area contributed by atoms with Crippen LogP contribution in [0, 0.1) is 0 Å². The van der Waals surface area contributed by atoms with E-state index in [2.05, 4.69) is 53.8 Å². The van der Waals surface area contributed by atoms with Gasteiger partial charge in [-0.15, -0.1) is 0 Å². The molecule has 0 amide bonds. The van der Waals surface area contributed by atoms with Gasteiger partial charge in [-0.25, -0.2) is 0 Å². The van der Waals surface area contributed by atoms with Gasteiger partial charge in [-0.05, 0) is 41.9 Å². The molecule has 2 rings (SSSR count). The zero-order chi connectivity index (χ0) is 28.7. The third-order valence-electron chi connectivity index (χ3n) is 6.88. The summed E-state index contributed by atoms with van der Waals surface area (Å²) in [5.74, 6) is 3.24. The van der Waals surface area contributed by atoms with E-state index in [0.29, 0.717) is 11.7 Å². The normalized spacial score (nSPS) is 11.9. The van der Waals surface area contributed by atoms with Gasteiger partial charge in [0, 0.05) is 22.8 Å². The molecule has 1 aromatic heterocycles. The first-order chi connectivity index (χ1) is 18.7. The summed E-state index contributed by atoms with van der Waals surface area (Å²) in [6.45, 7) is 15.1. The third kappa shape index (κ3) is 12.7. The second kappa shape index (κ2) is 18.1. The lowest BCUT2D eigenvalue weighted by Gasteiger charge is -2.24. The molecule has 1 aromatic carbocycles. The Morgan fingerprint density at radius 2 is 1.23 bits per heavy atom. The van der Waals surface area contributed by atoms with Crippen LogP contribution < -0.4 is 5.32 Å². The molecule has 0 unspecified atom stereocenters. The average molecular weight is 575 g/mol. The maximum Gasteiger partial charge on any atom is 0.232 e. The summed E-state index contributed by atoms with van der Waals surface area (Å²) in [6, 6.07) is 4.07. The Bertz CT molecular complexity index is 939. The monoisotopic (exact) mass is 574 g/mol. The predicted molar refractivity (Wildman–Crippen MR) is 172 cm³/mol. The number of nitrogens with one attached hydrogen (secondary N) is 1. The molecular weight excluding hydrogens is 521 g/mol. The molecule has 0 saturated carbocycles. The van der Waals surface area contributed by atoms with Crippen molar-refractivity contribution >= 4 is 35.2 Å². The first-order valence-electron chi connectivity index (χ1n) is 15.3. The zero-order valence-electron chi connectivity index (χ0n) is 25.7. The van der Waals surface area contributed by atoms with E-state index in [9.17, 15) is 5.11 Å². The van der Waals surface area contributed by atoms with Crippen molar-refractivity contribution in [2.45, 2.75) is 147 Å². The van der Waals surface area contributed by atoms with E-state index in [0.717, 1.165) is 38.6 Å². The van der Waals surface area contributed by atoms with E-state index in [-0.39, 0.29) is 11.3 Å². The molecule has 0 aliphatic carbocycles. The molecule has 0 fully saturated rings. The zero-order valence-corrected chi connectivity index (χ0v) is 27.4. The standard InChI is InChI=1S/C32H54N4OS2/c1-8-10-12-14-16-18-20-38-30-34-29(35-31(36-30)39-21-19-17-15-13-11-9-2)33-25-22-26(24(3)4)28(37)27(23-25)32(5,6)7/h22-24,37H,8-21H2,1-7H3,(H,33,34,35,36). The highest BCUT2D eigenvalue weighted by molar-refractivity contribution is 7.99. The van der Waals surface area contributed by atoms with Gasteiger partial charge in [0.25, 0.3) is 0 Å². The molecule has 0 radical (unpaired) electrons. The van der Waals surface area contributed by atoms with Gasteiger partial charge in [0.05, 0.1) is 0 Å². The maximum absolute atomic E-state index is 11.0. The Balaban J connectivity index is 2.17. The molecule has 1 heterocycles. The van der Waals surface area contributed by atoms with Gasteiger partial charge in [-0.2, -0.15) is 15.0 Å². The highest BCUT2D eigenvalue weighted by Gasteiger charge is 2.23. The van der Waals surface area contributed by atoms with Crippen LogP contribution in [-0.4, -0.2) is 31.6 Å². The van der Waals surface area contributed by atoms with Crippen molar-refractivity contribution in [2.75, 3.05) is 16.8 Å². The van der Waals surface area contributed by atoms with Crippen LogP contribution in [0.4, 0.5) is 11.6 Å². The second-order valence-electron chi connectivity index (χ2n) is 11.9. The minimum atomic E-state index is -0.180. The fraction of sp³-hybridized carbons (Fsp3) is 0.719. The molecule has 0 aliphatic heterocycles. The molecule has 2 aromatic rings. The van der Waals surface area contributed by atoms with Crippen molar-refractivity contribution in [2.24, 2.45) is 0 Å². The van der Waals surface area contributed by atoms with Gasteiger partial charge in [0.15, 0.2) is 10.3 Å². The van der Waals surface area contributed by atoms with Gasteiger partial charge in [0.2, 0.25) is 5.95 Å². The lowest BCUT2D eigenvalue weighted by molar-refractivity contribution is 0.438. The van der Waals surface area contributed by atoms with Crippen molar-refractivity contribution in [1.82, 2.24) is 15.0 Å². The lowest BCUT2D eigenvalue weighted by Crippen LogP contribution is -2.13. The summed E-state index contributed by atoms with van der Waals surface area (Å²) in [4.78, 5) is 14.4. The third-order valence-corrected chi connectivity index (χ3v) is 8.75. The molecule has 0 spiro atoms. The van der Waals surface area contributed by atoms with Crippen LogP contribution in [0.5, 0.6) is 5.75 Å². The van der Waals surface area contributed by atoms with Gasteiger partial charge < -0.3 is 10.4 Å².